The average molecular weight is 496 g/mol. The zero-order valence-corrected chi connectivity index (χ0v) is 19.0. The molecule has 0 fully saturated rings. The Balaban J connectivity index is 0.00000676. The smallest absolute Gasteiger partial charge is 0.408 e. The van der Waals surface area contributed by atoms with Crippen LogP contribution in [0.4, 0.5) is 9.18 Å². The number of halogens is 2. The number of alkyl carbamates (subject to hydrolysis) is 1. The van der Waals surface area contributed by atoms with E-state index in [1.807, 2.05) is 13.8 Å². The molecule has 1 rings (SSSR count). The Bertz CT molecular complexity index is 660. The zero-order chi connectivity index (χ0) is 20.0. The average Bonchev–Trinajstić information content (AvgIpc) is 2.48. The van der Waals surface area contributed by atoms with Crippen molar-refractivity contribution >= 4 is 36.0 Å². The van der Waals surface area contributed by atoms with Gasteiger partial charge in [-0.2, -0.15) is 0 Å². The van der Waals surface area contributed by atoms with Gasteiger partial charge in [0.25, 0.3) is 0 Å². The highest BCUT2D eigenvalue weighted by Crippen LogP contribution is 2.15. The van der Waals surface area contributed by atoms with Crippen molar-refractivity contribution < 1.29 is 19.0 Å². The van der Waals surface area contributed by atoms with E-state index in [-0.39, 0.29) is 29.7 Å². The van der Waals surface area contributed by atoms with Gasteiger partial charge in [-0.15, -0.1) is 24.0 Å². The van der Waals surface area contributed by atoms with Crippen molar-refractivity contribution in [2.24, 2.45) is 4.99 Å². The second-order valence-corrected chi connectivity index (χ2v) is 7.58. The summed E-state index contributed by atoms with van der Waals surface area (Å²) in [6.07, 6.45) is -0.494. The first-order valence-corrected chi connectivity index (χ1v) is 8.35. The number of rotatable bonds is 5. The predicted molar refractivity (Wildman–Crippen MR) is 115 cm³/mol. The highest BCUT2D eigenvalue weighted by Gasteiger charge is 2.24. The normalized spacial score (nSPS) is 12.0. The molecule has 0 aliphatic carbocycles. The Hall–Kier alpha value is -1.78. The number of carbonyl (C=O) groups is 1. The highest BCUT2D eigenvalue weighted by atomic mass is 127. The lowest BCUT2D eigenvalue weighted by molar-refractivity contribution is 0.0474. The number of nitrogens with one attached hydrogen (secondary N) is 3. The summed E-state index contributed by atoms with van der Waals surface area (Å²) in [6, 6.07) is 4.17. The van der Waals surface area contributed by atoms with Gasteiger partial charge < -0.3 is 25.8 Å². The standard InChI is InChI=1S/C18H29FN4O3.HI/c1-17(2,3)26-16(25)23-18(4,5)11-22-15(20-6)21-10-12-7-8-14(24)13(19)9-12;/h7-9,24H,10-11H2,1-6H3,(H,23,25)(H2,20,21,22);1H. The van der Waals surface area contributed by atoms with Crippen LogP contribution < -0.4 is 16.0 Å². The molecule has 0 saturated heterocycles. The minimum Gasteiger partial charge on any atom is -0.505 e. The fourth-order valence-corrected chi connectivity index (χ4v) is 2.00. The summed E-state index contributed by atoms with van der Waals surface area (Å²) in [5.41, 5.74) is -0.482. The van der Waals surface area contributed by atoms with E-state index in [4.69, 9.17) is 4.74 Å². The molecular weight excluding hydrogens is 466 g/mol. The number of nitrogens with zero attached hydrogens (tertiary/aromatic N) is 1. The lowest BCUT2D eigenvalue weighted by Crippen LogP contribution is -2.54. The number of aromatic hydroxyl groups is 1. The van der Waals surface area contributed by atoms with Gasteiger partial charge in [0.15, 0.2) is 17.5 Å². The largest absolute Gasteiger partial charge is 0.505 e. The van der Waals surface area contributed by atoms with Gasteiger partial charge in [-0.05, 0) is 52.3 Å². The van der Waals surface area contributed by atoms with Crippen molar-refractivity contribution in [2.45, 2.75) is 52.3 Å². The SMILES string of the molecule is CN=C(NCc1ccc(O)c(F)c1)NCC(C)(C)NC(=O)OC(C)(C)C.I. The molecule has 4 N–H and O–H groups in total. The van der Waals surface area contributed by atoms with Crippen molar-refractivity contribution in [3.8, 4) is 5.75 Å². The minimum absolute atomic E-state index is 0. The van der Waals surface area contributed by atoms with Crippen LogP contribution in [0.3, 0.4) is 0 Å². The Morgan fingerprint density at radius 2 is 1.85 bits per heavy atom. The number of hydrogen-bond acceptors (Lipinski definition) is 4. The van der Waals surface area contributed by atoms with Crippen LogP contribution >= 0.6 is 24.0 Å². The van der Waals surface area contributed by atoms with Crippen molar-refractivity contribution in [2.75, 3.05) is 13.6 Å². The van der Waals surface area contributed by atoms with E-state index in [1.54, 1.807) is 33.9 Å². The molecule has 27 heavy (non-hydrogen) atoms. The van der Waals surface area contributed by atoms with Gasteiger partial charge in [0, 0.05) is 20.1 Å². The number of aliphatic imine (C=N–C) groups is 1. The van der Waals surface area contributed by atoms with Crippen LogP contribution in [0.15, 0.2) is 23.2 Å². The number of carbonyl (C=O) groups excluding carboxylic acids is 1. The second-order valence-electron chi connectivity index (χ2n) is 7.58. The molecule has 1 aromatic rings. The van der Waals surface area contributed by atoms with Crippen molar-refractivity contribution in [1.29, 1.82) is 0 Å². The van der Waals surface area contributed by atoms with Gasteiger partial charge in [0.1, 0.15) is 5.60 Å². The van der Waals surface area contributed by atoms with Crippen LogP contribution in [0, 0.1) is 5.82 Å². The van der Waals surface area contributed by atoms with E-state index >= 15 is 0 Å². The van der Waals surface area contributed by atoms with Gasteiger partial charge in [-0.25, -0.2) is 9.18 Å². The lowest BCUT2D eigenvalue weighted by atomic mass is 10.1. The first kappa shape index (κ1) is 25.2. The van der Waals surface area contributed by atoms with Gasteiger partial charge in [-0.3, -0.25) is 4.99 Å². The number of ether oxygens (including phenoxy) is 1. The van der Waals surface area contributed by atoms with Crippen molar-refractivity contribution in [3.05, 3.63) is 29.6 Å². The summed E-state index contributed by atoms with van der Waals surface area (Å²) in [7, 11) is 1.61. The second kappa shape index (κ2) is 10.5. The molecule has 0 aliphatic heterocycles. The Morgan fingerprint density at radius 1 is 1.22 bits per heavy atom. The van der Waals surface area contributed by atoms with Crippen LogP contribution in [0.2, 0.25) is 0 Å². The van der Waals surface area contributed by atoms with Gasteiger partial charge >= 0.3 is 6.09 Å². The fourth-order valence-electron chi connectivity index (χ4n) is 2.00. The van der Waals surface area contributed by atoms with E-state index in [0.717, 1.165) is 0 Å². The molecule has 0 aromatic heterocycles. The lowest BCUT2D eigenvalue weighted by Gasteiger charge is -2.29. The molecular formula is C18H30FIN4O3. The van der Waals surface area contributed by atoms with E-state index < -0.39 is 23.1 Å². The molecule has 0 radical (unpaired) electrons. The summed E-state index contributed by atoms with van der Waals surface area (Å²) in [5.74, 6) is -0.557. The van der Waals surface area contributed by atoms with Gasteiger partial charge in [-0.1, -0.05) is 6.07 Å². The van der Waals surface area contributed by atoms with Gasteiger partial charge in [0.2, 0.25) is 0 Å². The van der Waals surface area contributed by atoms with E-state index in [0.29, 0.717) is 24.6 Å². The Kier molecular flexibility index (Phi) is 9.83. The highest BCUT2D eigenvalue weighted by molar-refractivity contribution is 14.0. The number of guanidine groups is 1. The molecule has 0 spiro atoms. The first-order valence-electron chi connectivity index (χ1n) is 8.35. The molecule has 0 bridgehead atoms. The summed E-state index contributed by atoms with van der Waals surface area (Å²) in [5, 5.41) is 18.1. The van der Waals surface area contributed by atoms with Crippen LogP contribution in [0.1, 0.15) is 40.2 Å². The summed E-state index contributed by atoms with van der Waals surface area (Å²) >= 11 is 0. The molecule has 0 atom stereocenters. The number of phenolic OH excluding ortho intramolecular Hbond substituents is 1. The number of amides is 1. The molecule has 0 saturated carbocycles. The van der Waals surface area contributed by atoms with E-state index in [2.05, 4.69) is 20.9 Å². The number of hydrogen-bond donors (Lipinski definition) is 4. The summed E-state index contributed by atoms with van der Waals surface area (Å²) in [4.78, 5) is 16.0. The molecule has 154 valence electrons. The zero-order valence-electron chi connectivity index (χ0n) is 16.6. The molecule has 0 unspecified atom stereocenters. The number of phenols is 1. The predicted octanol–water partition coefficient (Wildman–Crippen LogP) is 3.12. The quantitative estimate of drug-likeness (QED) is 0.286. The van der Waals surface area contributed by atoms with Crippen LogP contribution in [-0.4, -0.2) is 41.9 Å². The third-order valence-corrected chi connectivity index (χ3v) is 3.23. The Morgan fingerprint density at radius 3 is 2.37 bits per heavy atom. The van der Waals surface area contributed by atoms with Crippen LogP contribution in [0.25, 0.3) is 0 Å². The monoisotopic (exact) mass is 496 g/mol. The maximum atomic E-state index is 13.4. The molecule has 1 aromatic carbocycles. The third-order valence-electron chi connectivity index (χ3n) is 3.23. The summed E-state index contributed by atoms with van der Waals surface area (Å²) in [6.45, 7) is 9.84. The molecule has 9 heteroatoms. The summed E-state index contributed by atoms with van der Waals surface area (Å²) < 4.78 is 18.6. The molecule has 7 nitrogen and oxygen atoms in total. The van der Waals surface area contributed by atoms with E-state index in [9.17, 15) is 14.3 Å². The fraction of sp³-hybridized carbons (Fsp3) is 0.556. The maximum absolute atomic E-state index is 13.4. The van der Waals surface area contributed by atoms with E-state index in [1.165, 1.54) is 12.1 Å². The number of benzene rings is 1. The molecule has 1 amide bonds. The molecule has 0 aliphatic rings. The molecule has 0 heterocycles. The van der Waals surface area contributed by atoms with Crippen LogP contribution in [-0.2, 0) is 11.3 Å². The van der Waals surface area contributed by atoms with Gasteiger partial charge in [0.05, 0.1) is 5.54 Å². The maximum Gasteiger partial charge on any atom is 0.408 e. The van der Waals surface area contributed by atoms with Crippen molar-refractivity contribution in [1.82, 2.24) is 16.0 Å². The topological polar surface area (TPSA) is 95.0 Å². The third kappa shape index (κ3) is 10.2. The van der Waals surface area contributed by atoms with Crippen molar-refractivity contribution in [3.63, 3.8) is 0 Å². The van der Waals surface area contributed by atoms with Crippen LogP contribution in [0.5, 0.6) is 5.75 Å². The Labute approximate surface area is 177 Å². The minimum atomic E-state index is -0.671. The first-order chi connectivity index (χ1) is 11.9.